The van der Waals surface area contributed by atoms with Crippen molar-refractivity contribution in [2.24, 2.45) is 0 Å². The van der Waals surface area contributed by atoms with E-state index in [1.807, 2.05) is 150 Å². The lowest BCUT2D eigenvalue weighted by Gasteiger charge is -2.28. The van der Waals surface area contributed by atoms with E-state index in [4.69, 9.17) is 11.0 Å². The summed E-state index contributed by atoms with van der Waals surface area (Å²) < 4.78 is 69.4. The predicted octanol–water partition coefficient (Wildman–Crippen LogP) is 21.6. The molecule has 0 aromatic heterocycles. The molecule has 68 heavy (non-hydrogen) atoms. The second-order valence-electron chi connectivity index (χ2n) is 22.0. The van der Waals surface area contributed by atoms with Gasteiger partial charge < -0.3 is 0 Å². The van der Waals surface area contributed by atoms with Crippen LogP contribution in [-0.4, -0.2) is 0 Å². The summed E-state index contributed by atoms with van der Waals surface area (Å²) in [6.07, 6.45) is 0. The molecule has 0 N–H and O–H groups in total. The van der Waals surface area contributed by atoms with Crippen molar-refractivity contribution in [3.63, 3.8) is 0 Å². The summed E-state index contributed by atoms with van der Waals surface area (Å²) in [6, 6.07) is 35.5. The van der Waals surface area contributed by atoms with Crippen LogP contribution in [0, 0.1) is 27.7 Å². The molecule has 0 unspecified atom stereocenters. The molecule has 6 aromatic carbocycles. The Labute approximate surface area is 430 Å². The molecular formula is C68H94. The highest BCUT2D eigenvalue weighted by Gasteiger charge is 2.24. The van der Waals surface area contributed by atoms with Crippen LogP contribution in [0.4, 0.5) is 0 Å². The van der Waals surface area contributed by atoms with Crippen LogP contribution in [0.3, 0.4) is 0 Å². The monoisotopic (exact) mass is 919 g/mol. The Bertz CT molecular complexity index is 2830. The van der Waals surface area contributed by atoms with Crippen molar-refractivity contribution in [3.8, 4) is 33.4 Å². The van der Waals surface area contributed by atoms with Crippen LogP contribution >= 0.6 is 0 Å². The summed E-state index contributed by atoms with van der Waals surface area (Å²) in [5, 5.41) is 0. The van der Waals surface area contributed by atoms with Crippen molar-refractivity contribution >= 4 is 0 Å². The highest BCUT2D eigenvalue weighted by molar-refractivity contribution is 5.76. The number of hydrogen-bond donors (Lipinski definition) is 0. The fourth-order valence-electron chi connectivity index (χ4n) is 9.29. The maximum atomic E-state index is 9.03. The van der Waals surface area contributed by atoms with Crippen molar-refractivity contribution in [3.05, 3.63) is 175 Å². The normalized spacial score (nSPS) is 14.9. The van der Waals surface area contributed by atoms with Crippen LogP contribution in [0.2, 0.25) is 0 Å². The molecule has 0 saturated carbocycles. The highest BCUT2D eigenvalue weighted by atomic mass is 14.3. The van der Waals surface area contributed by atoms with Gasteiger partial charge in [-0.2, -0.15) is 0 Å². The van der Waals surface area contributed by atoms with E-state index in [0.717, 1.165) is 100 Å². The average Bonchev–Trinajstić information content (AvgIpc) is 3.24. The summed E-state index contributed by atoms with van der Waals surface area (Å²) in [5.41, 5.74) is 19.1. The number of aryl methyl sites for hydroxylation is 1. The number of benzene rings is 6. The summed E-state index contributed by atoms with van der Waals surface area (Å²) in [5.74, 6) is -6.12. The summed E-state index contributed by atoms with van der Waals surface area (Å²) in [7, 11) is 0. The molecule has 0 bridgehead atoms. The third-order valence-corrected chi connectivity index (χ3v) is 13.3. The Kier molecular flexibility index (Phi) is 15.6. The lowest BCUT2D eigenvalue weighted by atomic mass is 9.76. The standard InChI is InChI=1S/C29H44.C20H26.C19H24/c1-17(2)24-13-22(14-25(18(3)4)21(24)9)28-26(19(5)6)15-23(29(10,11)12)16-27(28)20(7)8;1-13(2)19-11-18(12-20(14(3)4)16(19)6)17-9-7-15(5)8-10-17;1-13(2)18-11-17(16-9-7-6-8-10-16)12-19(14(3)4)15(18)5/h13-20H,1-12H3;7-14H,1-6H3;6-14H,1-5H3/i17D,18D,19D,20D;2*13D,14D. The van der Waals surface area contributed by atoms with Gasteiger partial charge in [0.05, 0.1) is 0 Å². The van der Waals surface area contributed by atoms with Crippen LogP contribution in [0.25, 0.3) is 33.4 Å². The zero-order chi connectivity index (χ0) is 58.5. The molecule has 0 nitrogen and oxygen atoms in total. The molecule has 0 amide bonds. The second kappa shape index (κ2) is 23.8. The molecule has 0 fully saturated rings. The number of rotatable bonds is 11. The third kappa shape index (κ3) is 13.8. The first-order chi connectivity index (χ1) is 34.1. The first-order valence-electron chi connectivity index (χ1n) is 28.9. The van der Waals surface area contributed by atoms with Gasteiger partial charge >= 0.3 is 0 Å². The smallest absolute Gasteiger partial charge is 0.0347 e. The van der Waals surface area contributed by atoms with Gasteiger partial charge in [-0.05, 0) is 180 Å². The van der Waals surface area contributed by atoms with Gasteiger partial charge in [-0.3, -0.25) is 0 Å². The van der Waals surface area contributed by atoms with E-state index in [9.17, 15) is 0 Å². The van der Waals surface area contributed by atoms with Gasteiger partial charge in [0.2, 0.25) is 0 Å². The number of hydrogen-bond acceptors (Lipinski definition) is 0. The zero-order valence-electron chi connectivity index (χ0n) is 54.8. The Morgan fingerprint density at radius 3 is 0.838 bits per heavy atom. The lowest BCUT2D eigenvalue weighted by molar-refractivity contribution is 0.587. The van der Waals surface area contributed by atoms with Crippen molar-refractivity contribution in [2.45, 2.75) is 212 Å². The van der Waals surface area contributed by atoms with Crippen LogP contribution in [0.1, 0.15) is 262 Å². The largest absolute Gasteiger partial charge is 0.0622 e. The van der Waals surface area contributed by atoms with Crippen molar-refractivity contribution in [1.82, 2.24) is 0 Å². The second-order valence-corrected chi connectivity index (χ2v) is 22.0. The molecule has 0 radical (unpaired) electrons. The van der Waals surface area contributed by atoms with E-state index in [0.29, 0.717) is 0 Å². The van der Waals surface area contributed by atoms with Gasteiger partial charge in [0.1, 0.15) is 0 Å². The molecule has 6 rings (SSSR count). The van der Waals surface area contributed by atoms with Gasteiger partial charge in [0.25, 0.3) is 0 Å². The molecule has 0 saturated heterocycles. The Morgan fingerprint density at radius 2 is 0.574 bits per heavy atom. The Morgan fingerprint density at radius 1 is 0.309 bits per heavy atom. The predicted molar refractivity (Wildman–Crippen MR) is 306 cm³/mol. The fraction of sp³-hybridized carbons (Fsp3) is 0.471. The first-order valence-corrected chi connectivity index (χ1v) is 24.9. The van der Waals surface area contributed by atoms with Crippen LogP contribution < -0.4 is 0 Å². The summed E-state index contributed by atoms with van der Waals surface area (Å²) in [6.45, 7) is 45.1. The fourth-order valence-corrected chi connectivity index (χ4v) is 9.29. The van der Waals surface area contributed by atoms with Crippen LogP contribution in [0.5, 0.6) is 0 Å². The van der Waals surface area contributed by atoms with Gasteiger partial charge in [-0.1, -0.05) is 240 Å². The molecule has 0 heterocycles. The van der Waals surface area contributed by atoms with Crippen molar-refractivity contribution < 1.29 is 11.0 Å². The summed E-state index contributed by atoms with van der Waals surface area (Å²) in [4.78, 5) is 0. The minimum Gasteiger partial charge on any atom is -0.0622 e. The summed E-state index contributed by atoms with van der Waals surface area (Å²) >= 11 is 0. The SMILES string of the molecule is [2H]C(C)(C)c1cc(-c2c(C([2H])(C)C)cc(C(C)(C)C)cc2C([2H])(C)C)cc(C([2H])(C)C)c1C.[2H]C(C)(C)c1cc(-c2ccc(C)cc2)cc(C([2H])(C)C)c1C.[2H]C(C)(C)c1cc(-c2ccccc2)cc(C([2H])(C)C)c1C. The van der Waals surface area contributed by atoms with E-state index >= 15 is 0 Å². The van der Waals surface area contributed by atoms with E-state index in [2.05, 4.69) is 113 Å². The molecule has 0 atom stereocenters. The quantitative estimate of drug-likeness (QED) is 0.121. The first kappa shape index (κ1) is 44.5. The minimum absolute atomic E-state index is 0.117. The maximum Gasteiger partial charge on any atom is 0.0347 e. The Balaban J connectivity index is 0.000000255. The van der Waals surface area contributed by atoms with Crippen LogP contribution in [0.15, 0.2) is 103 Å². The van der Waals surface area contributed by atoms with E-state index in [1.165, 1.54) is 5.56 Å². The van der Waals surface area contributed by atoms with E-state index in [1.54, 1.807) is 0 Å². The van der Waals surface area contributed by atoms with E-state index in [-0.39, 0.29) is 5.41 Å². The molecule has 0 aliphatic heterocycles. The molecule has 6 aromatic rings. The van der Waals surface area contributed by atoms with Crippen LogP contribution in [-0.2, 0) is 5.41 Å². The highest BCUT2D eigenvalue weighted by Crippen LogP contribution is 2.43. The van der Waals surface area contributed by atoms with Gasteiger partial charge in [0, 0.05) is 11.0 Å². The van der Waals surface area contributed by atoms with Gasteiger partial charge in [-0.25, -0.2) is 0 Å². The topological polar surface area (TPSA) is 0 Å². The molecule has 0 aliphatic rings. The molecule has 0 spiro atoms. The van der Waals surface area contributed by atoms with Crippen molar-refractivity contribution in [1.29, 1.82) is 0 Å². The van der Waals surface area contributed by atoms with Crippen molar-refractivity contribution in [2.75, 3.05) is 0 Å². The molecular weight excluding hydrogens is 817 g/mol. The van der Waals surface area contributed by atoms with Gasteiger partial charge in [-0.15, -0.1) is 0 Å². The lowest BCUT2D eigenvalue weighted by Crippen LogP contribution is -2.14. The molecule has 0 heteroatoms. The minimum atomic E-state index is -0.880. The van der Waals surface area contributed by atoms with E-state index < -0.39 is 47.2 Å². The zero-order valence-corrected chi connectivity index (χ0v) is 46.8. The Hall–Kier alpha value is -4.68. The van der Waals surface area contributed by atoms with Gasteiger partial charge in [0.15, 0.2) is 0 Å². The maximum absolute atomic E-state index is 9.03. The molecule has 366 valence electrons. The molecule has 0 aliphatic carbocycles. The third-order valence-electron chi connectivity index (χ3n) is 13.3. The average molecular weight is 920 g/mol.